The summed E-state index contributed by atoms with van der Waals surface area (Å²) < 4.78 is 10.2. The zero-order valence-electron chi connectivity index (χ0n) is 13.4. The second kappa shape index (κ2) is 7.68. The monoisotopic (exact) mass is 309 g/mol. The molecule has 0 aliphatic heterocycles. The van der Waals surface area contributed by atoms with E-state index in [4.69, 9.17) is 9.47 Å². The van der Waals surface area contributed by atoms with Crippen LogP contribution in [0.4, 0.5) is 4.79 Å². The van der Waals surface area contributed by atoms with Crippen LogP contribution >= 0.6 is 0 Å². The molecule has 6 heteroatoms. The third kappa shape index (κ3) is 6.47. The normalized spacial score (nSPS) is 12.4. The fraction of sp³-hybridized carbons (Fsp3) is 0.500. The van der Waals surface area contributed by atoms with Crippen molar-refractivity contribution in [2.45, 2.75) is 45.3 Å². The van der Waals surface area contributed by atoms with Crippen LogP contribution in [0.1, 0.15) is 32.8 Å². The van der Waals surface area contributed by atoms with Crippen molar-refractivity contribution in [2.75, 3.05) is 7.11 Å². The molecule has 1 aromatic rings. The molecule has 1 atom stereocenters. The number of amides is 1. The molecule has 0 heterocycles. The molecule has 0 spiro atoms. The number of hydrogen-bond donors (Lipinski definition) is 2. The molecule has 0 fully saturated rings. The van der Waals surface area contributed by atoms with Crippen LogP contribution in [0.2, 0.25) is 0 Å². The molecule has 0 aliphatic rings. The van der Waals surface area contributed by atoms with Gasteiger partial charge >= 0.3 is 12.1 Å². The Morgan fingerprint density at radius 1 is 1.32 bits per heavy atom. The van der Waals surface area contributed by atoms with Gasteiger partial charge in [0.1, 0.15) is 17.4 Å². The molecule has 0 radical (unpaired) electrons. The van der Waals surface area contributed by atoms with Crippen molar-refractivity contribution in [3.8, 4) is 5.75 Å². The highest BCUT2D eigenvalue weighted by atomic mass is 16.6. The van der Waals surface area contributed by atoms with Crippen molar-refractivity contribution in [1.29, 1.82) is 0 Å². The van der Waals surface area contributed by atoms with Crippen LogP contribution in [0.15, 0.2) is 24.3 Å². The van der Waals surface area contributed by atoms with Crippen LogP contribution in [0, 0.1) is 0 Å². The number of carbonyl (C=O) groups is 2. The number of aliphatic carboxylic acids is 1. The van der Waals surface area contributed by atoms with Crippen LogP contribution in [0.25, 0.3) is 0 Å². The maximum Gasteiger partial charge on any atom is 0.408 e. The minimum absolute atomic E-state index is 0.266. The highest BCUT2D eigenvalue weighted by molar-refractivity contribution is 5.80. The second-order valence-corrected chi connectivity index (χ2v) is 5.93. The molecule has 1 rings (SSSR count). The molecule has 0 saturated heterocycles. The summed E-state index contributed by atoms with van der Waals surface area (Å²) in [5.74, 6) is -0.377. The molecule has 0 bridgehead atoms. The highest BCUT2D eigenvalue weighted by Crippen LogP contribution is 2.15. The molecule has 1 aromatic carbocycles. The van der Waals surface area contributed by atoms with Crippen LogP contribution in [-0.2, 0) is 16.0 Å². The highest BCUT2D eigenvalue weighted by Gasteiger charge is 2.23. The number of carboxylic acids is 1. The summed E-state index contributed by atoms with van der Waals surface area (Å²) in [6.07, 6.45) is 0.0386. The lowest BCUT2D eigenvalue weighted by molar-refractivity contribution is -0.139. The zero-order valence-corrected chi connectivity index (χ0v) is 13.4. The maximum absolute atomic E-state index is 11.7. The Bertz CT molecular complexity index is 522. The summed E-state index contributed by atoms with van der Waals surface area (Å²) in [7, 11) is 1.57. The number of rotatable bonds is 6. The van der Waals surface area contributed by atoms with Crippen molar-refractivity contribution in [3.05, 3.63) is 29.8 Å². The molecule has 22 heavy (non-hydrogen) atoms. The number of ether oxygens (including phenoxy) is 2. The van der Waals surface area contributed by atoms with Gasteiger partial charge in [0.25, 0.3) is 0 Å². The SMILES string of the molecule is COc1cccc(CC[C@@H](NC(=O)OC(C)(C)C)C(=O)O)c1. The predicted molar refractivity (Wildman–Crippen MR) is 82.1 cm³/mol. The Morgan fingerprint density at radius 2 is 2.00 bits per heavy atom. The van der Waals surface area contributed by atoms with E-state index < -0.39 is 23.7 Å². The van der Waals surface area contributed by atoms with Crippen molar-refractivity contribution >= 4 is 12.1 Å². The van der Waals surface area contributed by atoms with Crippen LogP contribution in [-0.4, -0.2) is 35.9 Å². The lowest BCUT2D eigenvalue weighted by Crippen LogP contribution is -2.43. The van der Waals surface area contributed by atoms with E-state index in [0.29, 0.717) is 12.2 Å². The number of carboxylic acid groups (broad SMARTS) is 1. The number of alkyl carbamates (subject to hydrolysis) is 1. The van der Waals surface area contributed by atoms with Crippen molar-refractivity contribution in [1.82, 2.24) is 5.32 Å². The van der Waals surface area contributed by atoms with Gasteiger partial charge in [0.05, 0.1) is 7.11 Å². The van der Waals surface area contributed by atoms with Gasteiger partial charge in [-0.1, -0.05) is 12.1 Å². The third-order valence-corrected chi connectivity index (χ3v) is 2.84. The van der Waals surface area contributed by atoms with Gasteiger partial charge in [0, 0.05) is 0 Å². The van der Waals surface area contributed by atoms with Gasteiger partial charge in [-0.05, 0) is 51.3 Å². The zero-order chi connectivity index (χ0) is 16.8. The Labute approximate surface area is 130 Å². The first-order chi connectivity index (χ1) is 10.2. The molecule has 0 aromatic heterocycles. The van der Waals surface area contributed by atoms with Crippen LogP contribution in [0.3, 0.4) is 0 Å². The molecule has 0 saturated carbocycles. The van der Waals surface area contributed by atoms with Gasteiger partial charge in [0.15, 0.2) is 0 Å². The third-order valence-electron chi connectivity index (χ3n) is 2.84. The summed E-state index contributed by atoms with van der Waals surface area (Å²) in [5, 5.41) is 11.6. The number of carbonyl (C=O) groups excluding carboxylic acids is 1. The van der Waals surface area contributed by atoms with Crippen molar-refractivity contribution < 1.29 is 24.2 Å². The van der Waals surface area contributed by atoms with Gasteiger partial charge in [-0.15, -0.1) is 0 Å². The summed E-state index contributed by atoms with van der Waals surface area (Å²) >= 11 is 0. The minimum Gasteiger partial charge on any atom is -0.497 e. The molecular weight excluding hydrogens is 286 g/mol. The quantitative estimate of drug-likeness (QED) is 0.843. The molecular formula is C16H23NO5. The van der Waals surface area contributed by atoms with E-state index >= 15 is 0 Å². The van der Waals surface area contributed by atoms with E-state index in [0.717, 1.165) is 5.56 Å². The fourth-order valence-electron chi connectivity index (χ4n) is 1.85. The Morgan fingerprint density at radius 3 is 2.55 bits per heavy atom. The van der Waals surface area contributed by atoms with Crippen molar-refractivity contribution in [2.24, 2.45) is 0 Å². The summed E-state index contributed by atoms with van der Waals surface area (Å²) in [4.78, 5) is 22.9. The van der Waals surface area contributed by atoms with E-state index in [9.17, 15) is 14.7 Å². The predicted octanol–water partition coefficient (Wildman–Crippen LogP) is 2.61. The number of aryl methyl sites for hydroxylation is 1. The van der Waals surface area contributed by atoms with Crippen LogP contribution in [0.5, 0.6) is 5.75 Å². The fourth-order valence-corrected chi connectivity index (χ4v) is 1.85. The van der Waals surface area contributed by atoms with Gasteiger partial charge in [-0.25, -0.2) is 9.59 Å². The van der Waals surface area contributed by atoms with Gasteiger partial charge in [-0.2, -0.15) is 0 Å². The summed E-state index contributed by atoms with van der Waals surface area (Å²) in [5.41, 5.74) is 0.275. The van der Waals surface area contributed by atoms with E-state index in [1.54, 1.807) is 27.9 Å². The Balaban J connectivity index is 2.61. The average Bonchev–Trinajstić information content (AvgIpc) is 2.41. The van der Waals surface area contributed by atoms with Crippen molar-refractivity contribution in [3.63, 3.8) is 0 Å². The van der Waals surface area contributed by atoms with E-state index in [2.05, 4.69) is 5.32 Å². The largest absolute Gasteiger partial charge is 0.497 e. The van der Waals surface area contributed by atoms with E-state index in [-0.39, 0.29) is 6.42 Å². The van der Waals surface area contributed by atoms with E-state index in [1.807, 2.05) is 24.3 Å². The molecule has 1 amide bonds. The molecule has 0 unspecified atom stereocenters. The first kappa shape index (κ1) is 17.8. The molecule has 2 N–H and O–H groups in total. The van der Waals surface area contributed by atoms with E-state index in [1.165, 1.54) is 0 Å². The topological polar surface area (TPSA) is 84.9 Å². The maximum atomic E-state index is 11.7. The standard InChI is InChI=1S/C16H23NO5/c1-16(2,3)22-15(20)17-13(14(18)19)9-8-11-6-5-7-12(10-11)21-4/h5-7,10,13H,8-9H2,1-4H3,(H,17,20)(H,18,19)/t13-/m1/s1. The lowest BCUT2D eigenvalue weighted by Gasteiger charge is -2.22. The van der Waals surface area contributed by atoms with Crippen LogP contribution < -0.4 is 10.1 Å². The Kier molecular flexibility index (Phi) is 6.22. The van der Waals surface area contributed by atoms with Gasteiger partial charge < -0.3 is 19.9 Å². The smallest absolute Gasteiger partial charge is 0.408 e. The lowest BCUT2D eigenvalue weighted by atomic mass is 10.1. The summed E-state index contributed by atoms with van der Waals surface area (Å²) in [6.45, 7) is 5.16. The first-order valence-corrected chi connectivity index (χ1v) is 7.06. The minimum atomic E-state index is -1.09. The van der Waals surface area contributed by atoms with Gasteiger partial charge in [0.2, 0.25) is 0 Å². The number of methoxy groups -OCH3 is 1. The first-order valence-electron chi connectivity index (χ1n) is 7.06. The average molecular weight is 309 g/mol. The number of hydrogen-bond acceptors (Lipinski definition) is 4. The number of benzene rings is 1. The molecule has 122 valence electrons. The molecule has 6 nitrogen and oxygen atoms in total. The molecule has 0 aliphatic carbocycles. The second-order valence-electron chi connectivity index (χ2n) is 5.93. The summed E-state index contributed by atoms with van der Waals surface area (Å²) in [6, 6.07) is 6.38. The number of nitrogens with one attached hydrogen (secondary N) is 1. The Hall–Kier alpha value is -2.24. The van der Waals surface area contributed by atoms with Gasteiger partial charge in [-0.3, -0.25) is 0 Å².